The van der Waals surface area contributed by atoms with E-state index in [1.54, 1.807) is 29.8 Å². The minimum absolute atomic E-state index is 0.106. The van der Waals surface area contributed by atoms with E-state index in [0.717, 1.165) is 0 Å². The van der Waals surface area contributed by atoms with Gasteiger partial charge in [0.15, 0.2) is 10.8 Å². The van der Waals surface area contributed by atoms with Crippen LogP contribution in [0.4, 0.5) is 0 Å². The number of carbonyl (C=O) groups is 1. The van der Waals surface area contributed by atoms with Gasteiger partial charge in [0.2, 0.25) is 0 Å². The Balaban J connectivity index is 1.76. The Morgan fingerprint density at radius 3 is 2.73 bits per heavy atom. The molecule has 0 aromatic carbocycles. The molecule has 22 heavy (non-hydrogen) atoms. The normalized spacial score (nSPS) is 10.6. The van der Waals surface area contributed by atoms with E-state index in [-0.39, 0.29) is 5.91 Å². The summed E-state index contributed by atoms with van der Waals surface area (Å²) in [4.78, 5) is 26.9. The van der Waals surface area contributed by atoms with Gasteiger partial charge in [-0.1, -0.05) is 0 Å². The van der Waals surface area contributed by atoms with Gasteiger partial charge in [-0.3, -0.25) is 4.79 Å². The highest BCUT2D eigenvalue weighted by Gasteiger charge is 2.17. The number of thiophene rings is 1. The number of amides is 1. The summed E-state index contributed by atoms with van der Waals surface area (Å²) in [7, 11) is 0. The number of hydrogen-bond donors (Lipinski definition) is 1. The number of aryl methyl sites for hydroxylation is 2. The molecule has 0 atom stereocenters. The molecule has 0 bridgehead atoms. The molecule has 0 radical (unpaired) electrons. The topological polar surface area (TPSA) is 67.8 Å². The first-order valence-corrected chi connectivity index (χ1v) is 8.40. The first kappa shape index (κ1) is 14.8. The Kier molecular flexibility index (Phi) is 4.26. The summed E-state index contributed by atoms with van der Waals surface area (Å²) in [6, 6.07) is 3.80. The molecular weight excluding hydrogens is 316 g/mol. The fourth-order valence-corrected chi connectivity index (χ4v) is 3.72. The highest BCUT2D eigenvalue weighted by atomic mass is 32.1. The molecule has 0 aliphatic heterocycles. The van der Waals surface area contributed by atoms with E-state index in [4.69, 9.17) is 0 Å². The van der Waals surface area contributed by atoms with Gasteiger partial charge in [-0.25, -0.2) is 15.0 Å². The fraction of sp³-hybridized carbons (Fsp3) is 0.200. The maximum Gasteiger partial charge on any atom is 0.263 e. The van der Waals surface area contributed by atoms with Crippen molar-refractivity contribution in [3.8, 4) is 10.8 Å². The lowest BCUT2D eigenvalue weighted by Gasteiger charge is -2.03. The van der Waals surface area contributed by atoms with Gasteiger partial charge >= 0.3 is 0 Å². The Labute approximate surface area is 136 Å². The maximum absolute atomic E-state index is 12.3. The zero-order valence-corrected chi connectivity index (χ0v) is 13.8. The second-order valence-corrected chi connectivity index (χ2v) is 6.72. The van der Waals surface area contributed by atoms with E-state index in [1.807, 2.05) is 19.2 Å². The third-order valence-corrected chi connectivity index (χ3v) is 5.31. The van der Waals surface area contributed by atoms with Gasteiger partial charge in [0.05, 0.1) is 12.2 Å². The van der Waals surface area contributed by atoms with Crippen molar-refractivity contribution in [1.29, 1.82) is 0 Å². The van der Waals surface area contributed by atoms with Crippen molar-refractivity contribution in [2.75, 3.05) is 0 Å². The molecule has 3 heterocycles. The van der Waals surface area contributed by atoms with Crippen molar-refractivity contribution >= 4 is 28.6 Å². The molecule has 3 aromatic rings. The minimum Gasteiger partial charge on any atom is -0.346 e. The average molecular weight is 330 g/mol. The van der Waals surface area contributed by atoms with Crippen LogP contribution in [0, 0.1) is 13.8 Å². The average Bonchev–Trinajstić information content (AvgIpc) is 3.12. The van der Waals surface area contributed by atoms with Crippen LogP contribution in [0.15, 0.2) is 29.9 Å². The second-order valence-electron chi connectivity index (χ2n) is 4.72. The van der Waals surface area contributed by atoms with Crippen molar-refractivity contribution in [3.05, 3.63) is 50.9 Å². The van der Waals surface area contributed by atoms with Crippen LogP contribution in [0.25, 0.3) is 10.8 Å². The van der Waals surface area contributed by atoms with Crippen LogP contribution in [0.3, 0.4) is 0 Å². The van der Waals surface area contributed by atoms with E-state index >= 15 is 0 Å². The first-order valence-electron chi connectivity index (χ1n) is 6.71. The van der Waals surface area contributed by atoms with Gasteiger partial charge in [0.25, 0.3) is 5.91 Å². The van der Waals surface area contributed by atoms with E-state index in [0.29, 0.717) is 27.9 Å². The van der Waals surface area contributed by atoms with Gasteiger partial charge in [0, 0.05) is 17.3 Å². The van der Waals surface area contributed by atoms with Crippen molar-refractivity contribution in [2.24, 2.45) is 0 Å². The van der Waals surface area contributed by atoms with E-state index in [1.165, 1.54) is 21.8 Å². The minimum atomic E-state index is -0.106. The van der Waals surface area contributed by atoms with Crippen LogP contribution >= 0.6 is 22.7 Å². The zero-order valence-electron chi connectivity index (χ0n) is 12.2. The number of rotatable bonds is 4. The molecule has 3 aromatic heterocycles. The molecule has 0 aliphatic rings. The molecule has 7 heteroatoms. The molecule has 1 amide bonds. The summed E-state index contributed by atoms with van der Waals surface area (Å²) in [5.41, 5.74) is 1.90. The second kappa shape index (κ2) is 6.33. The molecule has 3 rings (SSSR count). The number of aromatic nitrogens is 3. The quantitative estimate of drug-likeness (QED) is 0.797. The maximum atomic E-state index is 12.3. The molecule has 0 fully saturated rings. The number of nitrogens with zero attached hydrogens (tertiary/aromatic N) is 3. The lowest BCUT2D eigenvalue weighted by molar-refractivity contribution is 0.0954. The van der Waals surface area contributed by atoms with Crippen molar-refractivity contribution in [2.45, 2.75) is 20.4 Å². The van der Waals surface area contributed by atoms with Crippen molar-refractivity contribution < 1.29 is 4.79 Å². The Morgan fingerprint density at radius 2 is 2.05 bits per heavy atom. The summed E-state index contributed by atoms with van der Waals surface area (Å²) >= 11 is 2.96. The number of nitrogens with one attached hydrogen (secondary N) is 1. The van der Waals surface area contributed by atoms with Gasteiger partial charge < -0.3 is 5.32 Å². The van der Waals surface area contributed by atoms with E-state index in [9.17, 15) is 4.79 Å². The van der Waals surface area contributed by atoms with Crippen molar-refractivity contribution in [3.63, 3.8) is 0 Å². The van der Waals surface area contributed by atoms with E-state index in [2.05, 4.69) is 26.3 Å². The standard InChI is InChI=1S/C15H14N4OS2/c1-9-4-7-21-11(9)8-18-14(20)12-10(2)19-15(22-12)13-16-5-3-6-17-13/h3-7H,8H2,1-2H3,(H,18,20). The largest absolute Gasteiger partial charge is 0.346 e. The summed E-state index contributed by atoms with van der Waals surface area (Å²) in [5.74, 6) is 0.439. The summed E-state index contributed by atoms with van der Waals surface area (Å²) in [5, 5.41) is 5.64. The molecule has 0 saturated carbocycles. The smallest absolute Gasteiger partial charge is 0.263 e. The molecular formula is C15H14N4OS2. The number of thiazole rings is 1. The van der Waals surface area contributed by atoms with Crippen LogP contribution in [-0.2, 0) is 6.54 Å². The third-order valence-electron chi connectivity index (χ3n) is 3.14. The van der Waals surface area contributed by atoms with Crippen LogP contribution in [-0.4, -0.2) is 20.9 Å². The highest BCUT2D eigenvalue weighted by molar-refractivity contribution is 7.17. The highest BCUT2D eigenvalue weighted by Crippen LogP contribution is 2.25. The van der Waals surface area contributed by atoms with Crippen LogP contribution in [0.5, 0.6) is 0 Å². The summed E-state index contributed by atoms with van der Waals surface area (Å²) < 4.78 is 0. The predicted molar refractivity (Wildman–Crippen MR) is 88.1 cm³/mol. The van der Waals surface area contributed by atoms with Gasteiger partial charge in [0.1, 0.15) is 4.88 Å². The molecule has 0 spiro atoms. The molecule has 112 valence electrons. The summed E-state index contributed by atoms with van der Waals surface area (Å²) in [6.07, 6.45) is 3.33. The molecule has 0 unspecified atom stereocenters. The van der Waals surface area contributed by atoms with Gasteiger partial charge in [-0.05, 0) is 36.9 Å². The lowest BCUT2D eigenvalue weighted by Crippen LogP contribution is -2.22. The molecule has 5 nitrogen and oxygen atoms in total. The van der Waals surface area contributed by atoms with Crippen LogP contribution in [0.2, 0.25) is 0 Å². The van der Waals surface area contributed by atoms with Crippen LogP contribution in [0.1, 0.15) is 25.8 Å². The lowest BCUT2D eigenvalue weighted by atomic mass is 10.3. The number of hydrogen-bond acceptors (Lipinski definition) is 6. The summed E-state index contributed by atoms with van der Waals surface area (Å²) in [6.45, 7) is 4.41. The molecule has 0 aliphatic carbocycles. The molecule has 1 N–H and O–H groups in total. The Bertz CT molecular complexity index is 795. The monoisotopic (exact) mass is 330 g/mol. The fourth-order valence-electron chi connectivity index (χ4n) is 1.94. The first-order chi connectivity index (χ1) is 10.6. The van der Waals surface area contributed by atoms with E-state index < -0.39 is 0 Å². The van der Waals surface area contributed by atoms with Gasteiger partial charge in [-0.15, -0.1) is 22.7 Å². The zero-order chi connectivity index (χ0) is 15.5. The Morgan fingerprint density at radius 1 is 1.27 bits per heavy atom. The third kappa shape index (κ3) is 3.05. The van der Waals surface area contributed by atoms with Crippen molar-refractivity contribution in [1.82, 2.24) is 20.3 Å². The van der Waals surface area contributed by atoms with Gasteiger partial charge in [-0.2, -0.15) is 0 Å². The Hall–Kier alpha value is -2.12. The van der Waals surface area contributed by atoms with Crippen LogP contribution < -0.4 is 5.32 Å². The number of carbonyl (C=O) groups excluding carboxylic acids is 1. The SMILES string of the molecule is Cc1ccsc1CNC(=O)c1sc(-c2ncccn2)nc1C. The molecule has 0 saturated heterocycles. The predicted octanol–water partition coefficient (Wildman–Crippen LogP) is 3.21.